The van der Waals surface area contributed by atoms with Gasteiger partial charge in [-0.05, 0) is 49.1 Å². The molecule has 1 atom stereocenters. The van der Waals surface area contributed by atoms with E-state index >= 15 is 0 Å². The Labute approximate surface area is 170 Å². The summed E-state index contributed by atoms with van der Waals surface area (Å²) in [5.41, 5.74) is 3.49. The number of esters is 1. The third kappa shape index (κ3) is 4.66. The Kier molecular flexibility index (Phi) is 6.58. The van der Waals surface area contributed by atoms with Crippen molar-refractivity contribution in [2.75, 3.05) is 11.9 Å². The Morgan fingerprint density at radius 1 is 1.36 bits per heavy atom. The van der Waals surface area contributed by atoms with Crippen LogP contribution in [0.2, 0.25) is 0 Å². The molecule has 2 N–H and O–H groups in total. The minimum atomic E-state index is -0.901. The predicted octanol–water partition coefficient (Wildman–Crippen LogP) is 3.20. The maximum Gasteiger partial charge on any atom is 0.341 e. The number of hydrazone groups is 1. The SMILES string of the molecule is CCOC(=O)c1c(NC(=O)C(=O)N/N=C/c2cccs2)sc2c1CCC(C)C2. The monoisotopic (exact) mass is 419 g/mol. The number of nitrogens with one attached hydrogen (secondary N) is 2. The summed E-state index contributed by atoms with van der Waals surface area (Å²) in [7, 11) is 0. The van der Waals surface area contributed by atoms with Crippen LogP contribution in [0.3, 0.4) is 0 Å². The summed E-state index contributed by atoms with van der Waals surface area (Å²) in [6.45, 7) is 4.13. The molecule has 7 nitrogen and oxygen atoms in total. The highest BCUT2D eigenvalue weighted by Gasteiger charge is 2.30. The molecular weight excluding hydrogens is 398 g/mol. The fourth-order valence-corrected chi connectivity index (χ4v) is 4.97. The second kappa shape index (κ2) is 9.11. The number of anilines is 1. The zero-order valence-corrected chi connectivity index (χ0v) is 17.2. The Hall–Kier alpha value is -2.52. The van der Waals surface area contributed by atoms with Crippen LogP contribution >= 0.6 is 22.7 Å². The molecule has 1 aliphatic rings. The van der Waals surface area contributed by atoms with Crippen LogP contribution in [0.5, 0.6) is 0 Å². The topological polar surface area (TPSA) is 96.9 Å². The molecule has 28 heavy (non-hydrogen) atoms. The first-order valence-corrected chi connectivity index (χ1v) is 10.7. The molecule has 0 fully saturated rings. The Morgan fingerprint density at radius 2 is 2.18 bits per heavy atom. The number of fused-ring (bicyclic) bond motifs is 1. The number of nitrogens with zero attached hydrogens (tertiary/aromatic N) is 1. The van der Waals surface area contributed by atoms with Crippen molar-refractivity contribution in [1.82, 2.24) is 5.43 Å². The molecule has 148 valence electrons. The molecular formula is C19H21N3O4S2. The highest BCUT2D eigenvalue weighted by Crippen LogP contribution is 2.40. The van der Waals surface area contributed by atoms with Gasteiger partial charge < -0.3 is 10.1 Å². The standard InChI is InChI=1S/C19H21N3O4S2/c1-3-26-19(25)15-13-7-6-11(2)9-14(13)28-18(15)21-16(23)17(24)22-20-10-12-5-4-8-27-12/h4-5,8,10-11H,3,6-7,9H2,1-2H3,(H,21,23)(H,22,24)/b20-10+. The number of carbonyl (C=O) groups excluding carboxylic acids is 3. The Morgan fingerprint density at radius 3 is 2.89 bits per heavy atom. The van der Waals surface area contributed by atoms with Gasteiger partial charge in [0.05, 0.1) is 18.4 Å². The van der Waals surface area contributed by atoms with E-state index in [4.69, 9.17) is 4.74 Å². The smallest absolute Gasteiger partial charge is 0.341 e. The third-order valence-electron chi connectivity index (χ3n) is 4.33. The number of amides is 2. The average molecular weight is 420 g/mol. The van der Waals surface area contributed by atoms with Crippen LogP contribution in [0.4, 0.5) is 5.00 Å². The van der Waals surface area contributed by atoms with Crippen LogP contribution in [0.25, 0.3) is 0 Å². The fraction of sp³-hybridized carbons (Fsp3) is 0.368. The summed E-state index contributed by atoms with van der Waals surface area (Å²) < 4.78 is 5.16. The summed E-state index contributed by atoms with van der Waals surface area (Å²) >= 11 is 2.80. The molecule has 2 amide bonds. The van der Waals surface area contributed by atoms with E-state index in [2.05, 4.69) is 22.8 Å². The Bertz CT molecular complexity index is 903. The zero-order valence-electron chi connectivity index (χ0n) is 15.6. The van der Waals surface area contributed by atoms with Gasteiger partial charge in [0.1, 0.15) is 5.00 Å². The van der Waals surface area contributed by atoms with E-state index in [0.717, 1.165) is 34.6 Å². The molecule has 2 heterocycles. The van der Waals surface area contributed by atoms with Gasteiger partial charge in [0.15, 0.2) is 0 Å². The maximum absolute atomic E-state index is 12.4. The van der Waals surface area contributed by atoms with Gasteiger partial charge in [-0.1, -0.05) is 13.0 Å². The number of thiophene rings is 2. The molecule has 0 aliphatic heterocycles. The van der Waals surface area contributed by atoms with E-state index in [-0.39, 0.29) is 6.61 Å². The molecule has 3 rings (SSSR count). The first-order chi connectivity index (χ1) is 13.5. The summed E-state index contributed by atoms with van der Waals surface area (Å²) in [5, 5.41) is 8.58. The average Bonchev–Trinajstić information content (AvgIpc) is 3.28. The van der Waals surface area contributed by atoms with E-state index < -0.39 is 17.8 Å². The molecule has 0 aromatic carbocycles. The molecule has 1 aliphatic carbocycles. The maximum atomic E-state index is 12.4. The third-order valence-corrected chi connectivity index (χ3v) is 6.30. The molecule has 2 aromatic rings. The van der Waals surface area contributed by atoms with E-state index in [9.17, 15) is 14.4 Å². The fourth-order valence-electron chi connectivity index (χ4n) is 2.99. The lowest BCUT2D eigenvalue weighted by atomic mass is 9.88. The van der Waals surface area contributed by atoms with Gasteiger partial charge in [0.2, 0.25) is 0 Å². The molecule has 0 bridgehead atoms. The highest BCUT2D eigenvalue weighted by molar-refractivity contribution is 7.17. The van der Waals surface area contributed by atoms with Crippen LogP contribution in [-0.2, 0) is 27.2 Å². The minimum Gasteiger partial charge on any atom is -0.462 e. The number of rotatable bonds is 5. The van der Waals surface area contributed by atoms with Gasteiger partial charge in [-0.2, -0.15) is 5.10 Å². The van der Waals surface area contributed by atoms with Crippen molar-refractivity contribution in [3.05, 3.63) is 38.4 Å². The summed E-state index contributed by atoms with van der Waals surface area (Å²) in [4.78, 5) is 38.7. The molecule has 1 unspecified atom stereocenters. The van der Waals surface area contributed by atoms with Crippen molar-refractivity contribution in [3.8, 4) is 0 Å². The summed E-state index contributed by atoms with van der Waals surface area (Å²) in [6.07, 6.45) is 4.04. The number of ether oxygens (including phenoxy) is 1. The predicted molar refractivity (Wildman–Crippen MR) is 110 cm³/mol. The van der Waals surface area contributed by atoms with E-state index in [1.165, 1.54) is 28.9 Å². The van der Waals surface area contributed by atoms with Crippen molar-refractivity contribution < 1.29 is 19.1 Å². The van der Waals surface area contributed by atoms with Crippen molar-refractivity contribution in [2.24, 2.45) is 11.0 Å². The largest absolute Gasteiger partial charge is 0.462 e. The molecule has 0 saturated carbocycles. The lowest BCUT2D eigenvalue weighted by Gasteiger charge is -2.18. The quantitative estimate of drug-likeness (QED) is 0.337. The lowest BCUT2D eigenvalue weighted by Crippen LogP contribution is -2.32. The highest BCUT2D eigenvalue weighted by atomic mass is 32.1. The van der Waals surface area contributed by atoms with Crippen LogP contribution in [0.1, 0.15) is 45.9 Å². The summed E-state index contributed by atoms with van der Waals surface area (Å²) in [6, 6.07) is 3.69. The molecule has 0 spiro atoms. The normalized spacial score (nSPS) is 15.9. The van der Waals surface area contributed by atoms with Gasteiger partial charge in [-0.15, -0.1) is 22.7 Å². The number of hydrogen-bond donors (Lipinski definition) is 2. The Balaban J connectivity index is 1.74. The second-order valence-electron chi connectivity index (χ2n) is 6.45. The van der Waals surface area contributed by atoms with Crippen LogP contribution in [0.15, 0.2) is 22.6 Å². The van der Waals surface area contributed by atoms with Gasteiger partial charge in [-0.3, -0.25) is 9.59 Å². The van der Waals surface area contributed by atoms with Gasteiger partial charge in [-0.25, -0.2) is 10.2 Å². The van der Waals surface area contributed by atoms with Crippen molar-refractivity contribution in [1.29, 1.82) is 0 Å². The number of hydrogen-bond acceptors (Lipinski definition) is 7. The summed E-state index contributed by atoms with van der Waals surface area (Å²) in [5.74, 6) is -1.73. The van der Waals surface area contributed by atoms with Crippen LogP contribution in [-0.4, -0.2) is 30.6 Å². The minimum absolute atomic E-state index is 0.241. The first-order valence-electron chi connectivity index (χ1n) is 8.99. The molecule has 2 aromatic heterocycles. The molecule has 9 heteroatoms. The molecule has 0 radical (unpaired) electrons. The van der Waals surface area contributed by atoms with E-state index in [0.29, 0.717) is 16.5 Å². The lowest BCUT2D eigenvalue weighted by molar-refractivity contribution is -0.136. The first kappa shape index (κ1) is 20.2. The van der Waals surface area contributed by atoms with E-state index in [1.807, 2.05) is 17.5 Å². The molecule has 0 saturated heterocycles. The number of carbonyl (C=O) groups is 3. The van der Waals surface area contributed by atoms with Crippen molar-refractivity contribution in [3.63, 3.8) is 0 Å². The van der Waals surface area contributed by atoms with Gasteiger partial charge >= 0.3 is 17.8 Å². The zero-order chi connectivity index (χ0) is 20.1. The second-order valence-corrected chi connectivity index (χ2v) is 8.53. The van der Waals surface area contributed by atoms with Crippen molar-refractivity contribution in [2.45, 2.75) is 33.1 Å². The van der Waals surface area contributed by atoms with Crippen molar-refractivity contribution >= 4 is 51.7 Å². The van der Waals surface area contributed by atoms with Crippen LogP contribution < -0.4 is 10.7 Å². The van der Waals surface area contributed by atoms with E-state index in [1.54, 1.807) is 6.92 Å². The van der Waals surface area contributed by atoms with Gasteiger partial charge in [0, 0.05) is 9.75 Å². The van der Waals surface area contributed by atoms with Gasteiger partial charge in [0.25, 0.3) is 0 Å². The van der Waals surface area contributed by atoms with Crippen LogP contribution in [0, 0.1) is 5.92 Å².